The van der Waals surface area contributed by atoms with Crippen molar-refractivity contribution in [3.63, 3.8) is 0 Å². The van der Waals surface area contributed by atoms with Crippen molar-refractivity contribution in [1.29, 1.82) is 0 Å². The summed E-state index contributed by atoms with van der Waals surface area (Å²) < 4.78 is 39.5. The second-order valence-corrected chi connectivity index (χ2v) is 8.28. The van der Waals surface area contributed by atoms with Crippen molar-refractivity contribution in [2.24, 2.45) is 0 Å². The molecule has 0 aliphatic carbocycles. The Labute approximate surface area is 156 Å². The average Bonchev–Trinajstić information content (AvgIpc) is 2.60. The van der Waals surface area contributed by atoms with E-state index in [9.17, 15) is 8.42 Å². The number of nitrogens with one attached hydrogen (secondary N) is 1. The van der Waals surface area contributed by atoms with E-state index in [0.29, 0.717) is 17.1 Å². The van der Waals surface area contributed by atoms with E-state index in [0.717, 1.165) is 11.1 Å². The summed E-state index contributed by atoms with van der Waals surface area (Å²) in [6.45, 7) is 7.59. The Bertz CT molecular complexity index is 875. The van der Waals surface area contributed by atoms with Gasteiger partial charge in [0.2, 0.25) is 10.0 Å². The maximum Gasteiger partial charge on any atom is 0.241 e. The zero-order valence-corrected chi connectivity index (χ0v) is 17.0. The molecule has 142 valence electrons. The third kappa shape index (κ3) is 4.19. The molecule has 1 N–H and O–H groups in total. The van der Waals surface area contributed by atoms with E-state index in [-0.39, 0.29) is 10.8 Å². The number of sulfonamides is 1. The first-order valence-corrected chi connectivity index (χ1v) is 10.0. The van der Waals surface area contributed by atoms with Gasteiger partial charge in [0.05, 0.1) is 19.1 Å². The van der Waals surface area contributed by atoms with E-state index in [1.807, 2.05) is 38.1 Å². The lowest BCUT2D eigenvalue weighted by atomic mass is 10.0. The minimum absolute atomic E-state index is 0.145. The van der Waals surface area contributed by atoms with Crippen LogP contribution in [0.4, 0.5) is 0 Å². The Morgan fingerprint density at radius 2 is 1.54 bits per heavy atom. The predicted octanol–water partition coefficient (Wildman–Crippen LogP) is 4.18. The summed E-state index contributed by atoms with van der Waals surface area (Å²) in [5.74, 6) is 1.50. The van der Waals surface area contributed by atoms with Gasteiger partial charge < -0.3 is 9.47 Å². The van der Waals surface area contributed by atoms with Gasteiger partial charge in [0.1, 0.15) is 11.5 Å². The number of rotatable bonds is 7. The van der Waals surface area contributed by atoms with Crippen molar-refractivity contribution >= 4 is 10.0 Å². The highest BCUT2D eigenvalue weighted by molar-refractivity contribution is 7.89. The van der Waals surface area contributed by atoms with Crippen LogP contribution in [0, 0.1) is 6.92 Å². The van der Waals surface area contributed by atoms with E-state index in [2.05, 4.69) is 4.72 Å². The largest absolute Gasteiger partial charge is 0.496 e. The zero-order valence-electron chi connectivity index (χ0n) is 16.2. The summed E-state index contributed by atoms with van der Waals surface area (Å²) in [4.78, 5) is 0.267. The van der Waals surface area contributed by atoms with E-state index >= 15 is 0 Å². The molecule has 0 aromatic heterocycles. The molecule has 26 heavy (non-hydrogen) atoms. The molecule has 2 aromatic carbocycles. The van der Waals surface area contributed by atoms with E-state index in [4.69, 9.17) is 9.47 Å². The molecule has 0 aliphatic heterocycles. The molecule has 1 unspecified atom stereocenters. The Morgan fingerprint density at radius 1 is 0.923 bits per heavy atom. The van der Waals surface area contributed by atoms with Crippen LogP contribution < -0.4 is 14.2 Å². The second kappa shape index (κ2) is 8.10. The smallest absolute Gasteiger partial charge is 0.241 e. The van der Waals surface area contributed by atoms with Gasteiger partial charge in [-0.25, -0.2) is 13.1 Å². The van der Waals surface area contributed by atoms with Gasteiger partial charge >= 0.3 is 0 Å². The predicted molar refractivity (Wildman–Crippen MR) is 104 cm³/mol. The van der Waals surface area contributed by atoms with Crippen LogP contribution >= 0.6 is 0 Å². The van der Waals surface area contributed by atoms with Crippen LogP contribution in [0.25, 0.3) is 0 Å². The Hall–Kier alpha value is -2.05. The number of hydrogen-bond acceptors (Lipinski definition) is 4. The van der Waals surface area contributed by atoms with Crippen LogP contribution in [-0.2, 0) is 10.0 Å². The van der Waals surface area contributed by atoms with Crippen molar-refractivity contribution in [3.8, 4) is 11.5 Å². The Kier molecular flexibility index (Phi) is 6.31. The molecule has 0 amide bonds. The lowest BCUT2D eigenvalue weighted by Crippen LogP contribution is -2.28. The van der Waals surface area contributed by atoms with Gasteiger partial charge in [-0.05, 0) is 49.1 Å². The number of methoxy groups -OCH3 is 2. The van der Waals surface area contributed by atoms with Gasteiger partial charge in [-0.2, -0.15) is 0 Å². The second-order valence-electron chi connectivity index (χ2n) is 6.60. The minimum Gasteiger partial charge on any atom is -0.496 e. The van der Waals surface area contributed by atoms with Gasteiger partial charge in [0.25, 0.3) is 0 Å². The van der Waals surface area contributed by atoms with Gasteiger partial charge in [-0.15, -0.1) is 0 Å². The number of hydrogen-bond donors (Lipinski definition) is 1. The standard InChI is InChI=1S/C20H27NO4S/c1-13(2)17-12-20(14(3)11-19(17)25-6)26(22,23)21-15(4)16-9-7-8-10-18(16)24-5/h7-13,15,21H,1-6H3. The molecular weight excluding hydrogens is 350 g/mol. The third-order valence-electron chi connectivity index (χ3n) is 4.38. The molecule has 0 saturated carbocycles. The highest BCUT2D eigenvalue weighted by atomic mass is 32.2. The molecule has 0 spiro atoms. The fourth-order valence-corrected chi connectivity index (χ4v) is 4.46. The minimum atomic E-state index is -3.71. The first kappa shape index (κ1) is 20.3. The molecule has 1 atom stereocenters. The van der Waals surface area contributed by atoms with Crippen LogP contribution in [0.5, 0.6) is 11.5 Å². The van der Waals surface area contributed by atoms with Crippen LogP contribution in [-0.4, -0.2) is 22.6 Å². The fraction of sp³-hybridized carbons (Fsp3) is 0.400. The first-order valence-electron chi connectivity index (χ1n) is 8.55. The van der Waals surface area contributed by atoms with Gasteiger partial charge in [0, 0.05) is 11.6 Å². The average molecular weight is 378 g/mol. The molecule has 2 rings (SSSR count). The zero-order chi connectivity index (χ0) is 19.5. The van der Waals surface area contributed by atoms with E-state index in [1.165, 1.54) is 0 Å². The van der Waals surface area contributed by atoms with Crippen molar-refractivity contribution < 1.29 is 17.9 Å². The molecule has 0 fully saturated rings. The summed E-state index contributed by atoms with van der Waals surface area (Å²) >= 11 is 0. The van der Waals surface area contributed by atoms with Gasteiger partial charge in [0.15, 0.2) is 0 Å². The number of para-hydroxylation sites is 1. The number of ether oxygens (including phenoxy) is 2. The van der Waals surface area contributed by atoms with Gasteiger partial charge in [-0.3, -0.25) is 0 Å². The normalized spacial score (nSPS) is 12.9. The molecule has 0 heterocycles. The van der Waals surface area contributed by atoms with Gasteiger partial charge in [-0.1, -0.05) is 32.0 Å². The number of aryl methyl sites for hydroxylation is 1. The molecule has 6 heteroatoms. The van der Waals surface area contributed by atoms with Crippen LogP contribution in [0.1, 0.15) is 49.4 Å². The Morgan fingerprint density at radius 3 is 2.12 bits per heavy atom. The maximum absolute atomic E-state index is 13.0. The van der Waals surface area contributed by atoms with Crippen molar-refractivity contribution in [2.45, 2.75) is 44.6 Å². The molecule has 0 radical (unpaired) electrons. The van der Waals surface area contributed by atoms with Crippen LogP contribution in [0.2, 0.25) is 0 Å². The lowest BCUT2D eigenvalue weighted by molar-refractivity contribution is 0.405. The van der Waals surface area contributed by atoms with E-state index in [1.54, 1.807) is 40.2 Å². The highest BCUT2D eigenvalue weighted by Crippen LogP contribution is 2.32. The first-order chi connectivity index (χ1) is 12.2. The number of benzene rings is 2. The van der Waals surface area contributed by atoms with Crippen LogP contribution in [0.15, 0.2) is 41.3 Å². The molecule has 0 saturated heterocycles. The highest BCUT2D eigenvalue weighted by Gasteiger charge is 2.24. The van der Waals surface area contributed by atoms with Crippen molar-refractivity contribution in [2.75, 3.05) is 14.2 Å². The summed E-state index contributed by atoms with van der Waals surface area (Å²) in [6.07, 6.45) is 0. The van der Waals surface area contributed by atoms with Crippen molar-refractivity contribution in [3.05, 3.63) is 53.1 Å². The molecule has 2 aromatic rings. The van der Waals surface area contributed by atoms with E-state index < -0.39 is 16.1 Å². The Balaban J connectivity index is 2.43. The lowest BCUT2D eigenvalue weighted by Gasteiger charge is -2.20. The topological polar surface area (TPSA) is 64.6 Å². The molecular formula is C20H27NO4S. The third-order valence-corrected chi connectivity index (χ3v) is 6.06. The molecule has 0 aliphatic rings. The SMILES string of the molecule is COc1cc(C)c(S(=O)(=O)NC(C)c2ccccc2OC)cc1C(C)C. The monoisotopic (exact) mass is 377 g/mol. The fourth-order valence-electron chi connectivity index (χ4n) is 2.98. The maximum atomic E-state index is 13.0. The quantitative estimate of drug-likeness (QED) is 0.786. The van der Waals surface area contributed by atoms with Crippen molar-refractivity contribution in [1.82, 2.24) is 4.72 Å². The molecule has 0 bridgehead atoms. The summed E-state index contributed by atoms with van der Waals surface area (Å²) in [7, 11) is -0.539. The van der Waals surface area contributed by atoms with Crippen LogP contribution in [0.3, 0.4) is 0 Å². The molecule has 5 nitrogen and oxygen atoms in total. The summed E-state index contributed by atoms with van der Waals surface area (Å²) in [6, 6.07) is 10.4. The summed E-state index contributed by atoms with van der Waals surface area (Å²) in [5, 5.41) is 0. The summed E-state index contributed by atoms with van der Waals surface area (Å²) in [5.41, 5.74) is 2.29.